The smallest absolute Gasteiger partial charge is 0.123 e. The van der Waals surface area contributed by atoms with Gasteiger partial charge >= 0.3 is 0 Å². The standard InChI is InChI=1S/C17H20FN/c1-3-17(15-10-7-11-16(18)12-15)19-13(2)14-8-5-4-6-9-14/h4-13,17,19H,3H2,1-2H3/t13-,17?/m1/s1. The van der Waals surface area contributed by atoms with Gasteiger partial charge in [-0.1, -0.05) is 49.4 Å². The van der Waals surface area contributed by atoms with Crippen LogP contribution in [0.25, 0.3) is 0 Å². The van der Waals surface area contributed by atoms with Crippen LogP contribution in [0.2, 0.25) is 0 Å². The minimum atomic E-state index is -0.176. The second-order valence-corrected chi connectivity index (χ2v) is 4.81. The lowest BCUT2D eigenvalue weighted by Crippen LogP contribution is -2.24. The molecule has 1 N–H and O–H groups in total. The fraction of sp³-hybridized carbons (Fsp3) is 0.294. The lowest BCUT2D eigenvalue weighted by Gasteiger charge is -2.23. The molecule has 100 valence electrons. The number of rotatable bonds is 5. The van der Waals surface area contributed by atoms with E-state index >= 15 is 0 Å². The van der Waals surface area contributed by atoms with Gasteiger partial charge in [0.25, 0.3) is 0 Å². The van der Waals surface area contributed by atoms with E-state index in [1.165, 1.54) is 11.6 Å². The van der Waals surface area contributed by atoms with E-state index in [2.05, 4.69) is 31.3 Å². The van der Waals surface area contributed by atoms with Crippen LogP contribution in [0.15, 0.2) is 54.6 Å². The lowest BCUT2D eigenvalue weighted by molar-refractivity contribution is 0.454. The predicted molar refractivity (Wildman–Crippen MR) is 77.4 cm³/mol. The van der Waals surface area contributed by atoms with Gasteiger partial charge < -0.3 is 5.32 Å². The summed E-state index contributed by atoms with van der Waals surface area (Å²) >= 11 is 0. The molecule has 2 rings (SSSR count). The van der Waals surface area contributed by atoms with Gasteiger partial charge in [-0.15, -0.1) is 0 Å². The first-order valence-corrected chi connectivity index (χ1v) is 6.77. The molecule has 0 spiro atoms. The zero-order chi connectivity index (χ0) is 13.7. The molecule has 0 heterocycles. The quantitative estimate of drug-likeness (QED) is 0.823. The van der Waals surface area contributed by atoms with Gasteiger partial charge in [0, 0.05) is 12.1 Å². The molecule has 0 saturated carbocycles. The number of nitrogens with one attached hydrogen (secondary N) is 1. The zero-order valence-electron chi connectivity index (χ0n) is 11.4. The number of hydrogen-bond acceptors (Lipinski definition) is 1. The Hall–Kier alpha value is -1.67. The van der Waals surface area contributed by atoms with Gasteiger partial charge in [0.05, 0.1) is 0 Å². The van der Waals surface area contributed by atoms with E-state index in [0.29, 0.717) is 0 Å². The largest absolute Gasteiger partial charge is 0.303 e. The second kappa shape index (κ2) is 6.48. The van der Waals surface area contributed by atoms with Crippen LogP contribution in [0.1, 0.15) is 43.5 Å². The van der Waals surface area contributed by atoms with Gasteiger partial charge in [0.1, 0.15) is 5.82 Å². The predicted octanol–water partition coefficient (Wildman–Crippen LogP) is 4.63. The molecular weight excluding hydrogens is 237 g/mol. The molecule has 0 aliphatic heterocycles. The highest BCUT2D eigenvalue weighted by Crippen LogP contribution is 2.22. The third kappa shape index (κ3) is 3.65. The van der Waals surface area contributed by atoms with Crippen molar-refractivity contribution in [3.63, 3.8) is 0 Å². The van der Waals surface area contributed by atoms with Crippen LogP contribution in [-0.4, -0.2) is 0 Å². The number of benzene rings is 2. The minimum absolute atomic E-state index is 0.172. The van der Waals surface area contributed by atoms with Crippen LogP contribution in [0.4, 0.5) is 4.39 Å². The fourth-order valence-corrected chi connectivity index (χ4v) is 2.31. The molecule has 0 aliphatic rings. The van der Waals surface area contributed by atoms with Crippen LogP contribution in [0.3, 0.4) is 0 Å². The average molecular weight is 257 g/mol. The maximum Gasteiger partial charge on any atom is 0.123 e. The molecule has 0 radical (unpaired) electrons. The SMILES string of the molecule is CCC(N[C@H](C)c1ccccc1)c1cccc(F)c1. The Bertz CT molecular complexity index is 510. The Morgan fingerprint density at radius 3 is 2.32 bits per heavy atom. The van der Waals surface area contributed by atoms with Crippen molar-refractivity contribution in [2.75, 3.05) is 0 Å². The van der Waals surface area contributed by atoms with Crippen LogP contribution in [-0.2, 0) is 0 Å². The van der Waals surface area contributed by atoms with E-state index in [4.69, 9.17) is 0 Å². The van der Waals surface area contributed by atoms with Gasteiger partial charge in [-0.05, 0) is 36.6 Å². The maximum atomic E-state index is 13.3. The Kier molecular flexibility index (Phi) is 4.69. The van der Waals surface area contributed by atoms with Crippen LogP contribution < -0.4 is 5.32 Å². The Balaban J connectivity index is 2.11. The maximum absolute atomic E-state index is 13.3. The summed E-state index contributed by atoms with van der Waals surface area (Å²) in [6, 6.07) is 17.6. The first-order valence-electron chi connectivity index (χ1n) is 6.77. The minimum Gasteiger partial charge on any atom is -0.303 e. The summed E-state index contributed by atoms with van der Waals surface area (Å²) in [5, 5.41) is 3.56. The van der Waals surface area contributed by atoms with Gasteiger partial charge in [0.15, 0.2) is 0 Å². The van der Waals surface area contributed by atoms with Crippen molar-refractivity contribution >= 4 is 0 Å². The molecule has 0 aromatic heterocycles. The summed E-state index contributed by atoms with van der Waals surface area (Å²) < 4.78 is 13.3. The first-order chi connectivity index (χ1) is 9.20. The van der Waals surface area contributed by atoms with Crippen molar-refractivity contribution in [3.8, 4) is 0 Å². The summed E-state index contributed by atoms with van der Waals surface area (Å²) in [4.78, 5) is 0. The third-order valence-electron chi connectivity index (χ3n) is 3.41. The molecule has 0 aliphatic carbocycles. The van der Waals surface area contributed by atoms with E-state index < -0.39 is 0 Å². The van der Waals surface area contributed by atoms with Crippen LogP contribution >= 0.6 is 0 Å². The van der Waals surface area contributed by atoms with E-state index in [0.717, 1.165) is 12.0 Å². The molecule has 2 heteroatoms. The monoisotopic (exact) mass is 257 g/mol. The molecule has 0 bridgehead atoms. The topological polar surface area (TPSA) is 12.0 Å². The van der Waals surface area contributed by atoms with E-state index in [-0.39, 0.29) is 17.9 Å². The van der Waals surface area contributed by atoms with Crippen LogP contribution in [0, 0.1) is 5.82 Å². The highest BCUT2D eigenvalue weighted by Gasteiger charge is 2.13. The van der Waals surface area contributed by atoms with Crippen molar-refractivity contribution in [1.82, 2.24) is 5.32 Å². The average Bonchev–Trinajstić information content (AvgIpc) is 2.45. The van der Waals surface area contributed by atoms with Gasteiger partial charge in [-0.3, -0.25) is 0 Å². The van der Waals surface area contributed by atoms with Crippen molar-refractivity contribution in [2.45, 2.75) is 32.4 Å². The fourth-order valence-electron chi connectivity index (χ4n) is 2.31. The Labute approximate surface area is 114 Å². The lowest BCUT2D eigenvalue weighted by atomic mass is 10.0. The number of hydrogen-bond donors (Lipinski definition) is 1. The summed E-state index contributed by atoms with van der Waals surface area (Å²) in [7, 11) is 0. The molecule has 19 heavy (non-hydrogen) atoms. The van der Waals surface area contributed by atoms with Crippen molar-refractivity contribution in [1.29, 1.82) is 0 Å². The normalized spacial score (nSPS) is 14.1. The summed E-state index contributed by atoms with van der Waals surface area (Å²) in [6.45, 7) is 4.25. The Morgan fingerprint density at radius 1 is 1.00 bits per heavy atom. The summed E-state index contributed by atoms with van der Waals surface area (Å²) in [5.74, 6) is -0.176. The van der Waals surface area contributed by atoms with E-state index in [1.54, 1.807) is 12.1 Å². The molecule has 1 nitrogen and oxygen atoms in total. The van der Waals surface area contributed by atoms with Gasteiger partial charge in [0.2, 0.25) is 0 Å². The molecule has 2 aromatic rings. The first kappa shape index (κ1) is 13.8. The van der Waals surface area contributed by atoms with Gasteiger partial charge in [-0.2, -0.15) is 0 Å². The van der Waals surface area contributed by atoms with E-state index in [9.17, 15) is 4.39 Å². The highest BCUT2D eigenvalue weighted by molar-refractivity contribution is 5.22. The molecule has 1 unspecified atom stereocenters. The molecule has 0 amide bonds. The Morgan fingerprint density at radius 2 is 1.68 bits per heavy atom. The van der Waals surface area contributed by atoms with Gasteiger partial charge in [-0.25, -0.2) is 4.39 Å². The second-order valence-electron chi connectivity index (χ2n) is 4.81. The highest BCUT2D eigenvalue weighted by atomic mass is 19.1. The van der Waals surface area contributed by atoms with Crippen molar-refractivity contribution in [2.24, 2.45) is 0 Å². The van der Waals surface area contributed by atoms with Crippen molar-refractivity contribution < 1.29 is 4.39 Å². The molecule has 0 fully saturated rings. The van der Waals surface area contributed by atoms with Crippen LogP contribution in [0.5, 0.6) is 0 Å². The zero-order valence-corrected chi connectivity index (χ0v) is 11.4. The van der Waals surface area contributed by atoms with Crippen molar-refractivity contribution in [3.05, 3.63) is 71.5 Å². The molecule has 0 saturated heterocycles. The molecule has 2 aromatic carbocycles. The number of halogens is 1. The van der Waals surface area contributed by atoms with E-state index in [1.807, 2.05) is 24.3 Å². The third-order valence-corrected chi connectivity index (χ3v) is 3.41. The molecule has 2 atom stereocenters. The molecular formula is C17H20FN. The summed E-state index contributed by atoms with van der Waals surface area (Å²) in [6.07, 6.45) is 0.931. The summed E-state index contributed by atoms with van der Waals surface area (Å²) in [5.41, 5.74) is 2.25.